The molecule has 0 aliphatic carbocycles. The summed E-state index contributed by atoms with van der Waals surface area (Å²) < 4.78 is 0. The van der Waals surface area contributed by atoms with Crippen molar-refractivity contribution in [3.05, 3.63) is 0 Å². The summed E-state index contributed by atoms with van der Waals surface area (Å²) >= 11 is 0. The average Bonchev–Trinajstić information content (AvgIpc) is 2.47. The topological polar surface area (TPSA) is 38.8 Å². The van der Waals surface area contributed by atoms with Crippen LogP contribution in [0.15, 0.2) is 0 Å². The molecule has 0 aromatic heterocycles. The normalized spacial score (nSPS) is 23.5. The van der Waals surface area contributed by atoms with E-state index in [4.69, 9.17) is 0 Å². The van der Waals surface area contributed by atoms with E-state index in [1.807, 2.05) is 20.9 Å². The molecular formula is C16H32N4O. The third kappa shape index (κ3) is 4.18. The van der Waals surface area contributed by atoms with Crippen molar-refractivity contribution in [3.63, 3.8) is 0 Å². The van der Waals surface area contributed by atoms with Gasteiger partial charge in [-0.25, -0.2) is 0 Å². The Balaban J connectivity index is 1.81. The Hall–Kier alpha value is -0.650. The lowest BCUT2D eigenvalue weighted by molar-refractivity contribution is -0.142. The van der Waals surface area contributed by atoms with Gasteiger partial charge in [0.2, 0.25) is 5.91 Å². The molecule has 2 aliphatic rings. The van der Waals surface area contributed by atoms with Gasteiger partial charge in [0, 0.05) is 38.8 Å². The SMILES string of the molecule is CNCC(C)(C)C(=O)N1CCN(C2CCN(C)CC2)CC1. The molecule has 5 heteroatoms. The first-order valence-electron chi connectivity index (χ1n) is 8.30. The molecule has 1 amide bonds. The molecule has 0 spiro atoms. The van der Waals surface area contributed by atoms with Gasteiger partial charge in [-0.05, 0) is 53.9 Å². The Labute approximate surface area is 129 Å². The minimum absolute atomic E-state index is 0.292. The van der Waals surface area contributed by atoms with Crippen LogP contribution in [0.1, 0.15) is 26.7 Å². The Kier molecular flexibility index (Phi) is 5.63. The van der Waals surface area contributed by atoms with Gasteiger partial charge in [0.25, 0.3) is 0 Å². The van der Waals surface area contributed by atoms with E-state index in [9.17, 15) is 4.79 Å². The van der Waals surface area contributed by atoms with Crippen molar-refractivity contribution in [1.29, 1.82) is 0 Å². The number of likely N-dealkylation sites (tertiary alicyclic amines) is 1. The summed E-state index contributed by atoms with van der Waals surface area (Å²) in [6.45, 7) is 11.1. The molecule has 2 rings (SSSR count). The second-order valence-electron chi connectivity index (χ2n) is 7.28. The van der Waals surface area contributed by atoms with E-state index >= 15 is 0 Å². The highest BCUT2D eigenvalue weighted by Gasteiger charge is 2.34. The molecule has 21 heavy (non-hydrogen) atoms. The van der Waals surface area contributed by atoms with Gasteiger partial charge < -0.3 is 15.1 Å². The van der Waals surface area contributed by atoms with Gasteiger partial charge in [-0.15, -0.1) is 0 Å². The Morgan fingerprint density at radius 2 is 1.67 bits per heavy atom. The molecule has 122 valence electrons. The molecule has 0 atom stereocenters. The highest BCUT2D eigenvalue weighted by molar-refractivity contribution is 5.82. The maximum absolute atomic E-state index is 12.6. The number of carbonyl (C=O) groups excluding carboxylic acids is 1. The van der Waals surface area contributed by atoms with Gasteiger partial charge in [0.15, 0.2) is 0 Å². The van der Waals surface area contributed by atoms with Crippen LogP contribution in [0.5, 0.6) is 0 Å². The summed E-state index contributed by atoms with van der Waals surface area (Å²) in [5.41, 5.74) is -0.301. The number of nitrogens with one attached hydrogen (secondary N) is 1. The fourth-order valence-electron chi connectivity index (χ4n) is 3.60. The van der Waals surface area contributed by atoms with Gasteiger partial charge in [-0.3, -0.25) is 9.69 Å². The minimum atomic E-state index is -0.301. The van der Waals surface area contributed by atoms with Crippen LogP contribution in [0.25, 0.3) is 0 Å². The lowest BCUT2D eigenvalue weighted by Gasteiger charge is -2.43. The molecule has 0 aromatic carbocycles. The van der Waals surface area contributed by atoms with Crippen LogP contribution in [0.3, 0.4) is 0 Å². The van der Waals surface area contributed by atoms with Crippen molar-refractivity contribution in [1.82, 2.24) is 20.0 Å². The minimum Gasteiger partial charge on any atom is -0.340 e. The van der Waals surface area contributed by atoms with E-state index < -0.39 is 0 Å². The number of piperidine rings is 1. The number of piperazine rings is 1. The van der Waals surface area contributed by atoms with E-state index in [2.05, 4.69) is 27.1 Å². The Morgan fingerprint density at radius 1 is 1.10 bits per heavy atom. The standard InChI is InChI=1S/C16H32N4O/c1-16(2,13-17-3)15(21)20-11-9-19(10-12-20)14-5-7-18(4)8-6-14/h14,17H,5-13H2,1-4H3. The maximum Gasteiger partial charge on any atom is 0.229 e. The van der Waals surface area contributed by atoms with Crippen LogP contribution in [0, 0.1) is 5.41 Å². The molecule has 1 N–H and O–H groups in total. The first-order valence-corrected chi connectivity index (χ1v) is 8.30. The third-order valence-corrected chi connectivity index (χ3v) is 5.00. The summed E-state index contributed by atoms with van der Waals surface area (Å²) in [5.74, 6) is 0.292. The highest BCUT2D eigenvalue weighted by atomic mass is 16.2. The van der Waals surface area contributed by atoms with E-state index in [0.717, 1.165) is 38.8 Å². The average molecular weight is 296 g/mol. The Morgan fingerprint density at radius 3 is 2.19 bits per heavy atom. The lowest BCUT2D eigenvalue weighted by Crippen LogP contribution is -2.56. The molecule has 2 saturated heterocycles. The van der Waals surface area contributed by atoms with Crippen LogP contribution >= 0.6 is 0 Å². The van der Waals surface area contributed by atoms with Crippen LogP contribution in [0.4, 0.5) is 0 Å². The second-order valence-corrected chi connectivity index (χ2v) is 7.28. The van der Waals surface area contributed by atoms with Crippen molar-refractivity contribution >= 4 is 5.91 Å². The van der Waals surface area contributed by atoms with Crippen molar-refractivity contribution in [2.24, 2.45) is 5.41 Å². The third-order valence-electron chi connectivity index (χ3n) is 5.00. The van der Waals surface area contributed by atoms with Crippen molar-refractivity contribution in [3.8, 4) is 0 Å². The molecule has 0 radical (unpaired) electrons. The quantitative estimate of drug-likeness (QED) is 0.818. The largest absolute Gasteiger partial charge is 0.340 e. The first kappa shape index (κ1) is 16.7. The molecule has 0 bridgehead atoms. The van der Waals surface area contributed by atoms with E-state index in [1.54, 1.807) is 0 Å². The van der Waals surface area contributed by atoms with E-state index in [1.165, 1.54) is 25.9 Å². The first-order chi connectivity index (χ1) is 9.94. The van der Waals surface area contributed by atoms with Gasteiger partial charge in [0.05, 0.1) is 5.41 Å². The van der Waals surface area contributed by atoms with Crippen molar-refractivity contribution in [2.75, 3.05) is 59.9 Å². The molecule has 0 aromatic rings. The summed E-state index contributed by atoms with van der Waals surface area (Å²) in [4.78, 5) is 19.7. The van der Waals surface area contributed by atoms with Crippen LogP contribution in [0.2, 0.25) is 0 Å². The van der Waals surface area contributed by atoms with Crippen LogP contribution in [-0.2, 0) is 4.79 Å². The van der Waals surface area contributed by atoms with Crippen LogP contribution in [-0.4, -0.2) is 86.6 Å². The molecule has 2 heterocycles. The monoisotopic (exact) mass is 296 g/mol. The number of amides is 1. The van der Waals surface area contributed by atoms with E-state index in [0.29, 0.717) is 5.91 Å². The fourth-order valence-corrected chi connectivity index (χ4v) is 3.60. The number of carbonyl (C=O) groups is 1. The van der Waals surface area contributed by atoms with Crippen LogP contribution < -0.4 is 5.32 Å². The van der Waals surface area contributed by atoms with Crippen molar-refractivity contribution < 1.29 is 4.79 Å². The van der Waals surface area contributed by atoms with Gasteiger partial charge in [-0.1, -0.05) is 0 Å². The summed E-state index contributed by atoms with van der Waals surface area (Å²) in [5, 5.41) is 3.13. The zero-order valence-electron chi connectivity index (χ0n) is 14.2. The molecule has 0 unspecified atom stereocenters. The Bertz CT molecular complexity index is 342. The van der Waals surface area contributed by atoms with Gasteiger partial charge >= 0.3 is 0 Å². The predicted octanol–water partition coefficient (Wildman–Crippen LogP) is 0.470. The van der Waals surface area contributed by atoms with Crippen molar-refractivity contribution in [2.45, 2.75) is 32.7 Å². The number of hydrogen-bond acceptors (Lipinski definition) is 4. The molecule has 2 aliphatic heterocycles. The zero-order chi connectivity index (χ0) is 15.5. The summed E-state index contributed by atoms with van der Waals surface area (Å²) in [6, 6.07) is 0.726. The number of hydrogen-bond donors (Lipinski definition) is 1. The number of nitrogens with zero attached hydrogens (tertiary/aromatic N) is 3. The second kappa shape index (κ2) is 7.07. The predicted molar refractivity (Wildman–Crippen MR) is 86.4 cm³/mol. The fraction of sp³-hybridized carbons (Fsp3) is 0.938. The smallest absolute Gasteiger partial charge is 0.229 e. The maximum atomic E-state index is 12.6. The molecule has 0 saturated carbocycles. The highest BCUT2D eigenvalue weighted by Crippen LogP contribution is 2.21. The van der Waals surface area contributed by atoms with E-state index in [-0.39, 0.29) is 5.41 Å². The molecule has 2 fully saturated rings. The summed E-state index contributed by atoms with van der Waals surface area (Å²) in [7, 11) is 4.11. The number of rotatable bonds is 4. The molecule has 5 nitrogen and oxygen atoms in total. The van der Waals surface area contributed by atoms with Gasteiger partial charge in [-0.2, -0.15) is 0 Å². The summed E-state index contributed by atoms with van der Waals surface area (Å²) in [6.07, 6.45) is 2.55. The lowest BCUT2D eigenvalue weighted by atomic mass is 9.91. The molecular weight excluding hydrogens is 264 g/mol. The zero-order valence-corrected chi connectivity index (χ0v) is 14.2. The van der Waals surface area contributed by atoms with Gasteiger partial charge in [0.1, 0.15) is 0 Å².